The molecule has 0 radical (unpaired) electrons. The molecule has 0 bridgehead atoms. The van der Waals surface area contributed by atoms with Crippen LogP contribution in [0.1, 0.15) is 20.8 Å². The third-order valence-corrected chi connectivity index (χ3v) is 3.77. The number of nitrogens with zero attached hydrogens (tertiary/aromatic N) is 2. The van der Waals surface area contributed by atoms with Crippen LogP contribution in [0.4, 0.5) is 0 Å². The number of rotatable bonds is 3. The second-order valence-corrected chi connectivity index (χ2v) is 5.57. The van der Waals surface area contributed by atoms with E-state index in [1.54, 1.807) is 0 Å². The van der Waals surface area contributed by atoms with Gasteiger partial charge in [0.05, 0.1) is 12.7 Å². The summed E-state index contributed by atoms with van der Waals surface area (Å²) in [5.74, 6) is 0. The Hall–Kier alpha value is -0.160. The lowest BCUT2D eigenvalue weighted by Crippen LogP contribution is -2.57. The highest BCUT2D eigenvalue weighted by Gasteiger charge is 2.26. The summed E-state index contributed by atoms with van der Waals surface area (Å²) in [7, 11) is 0. The van der Waals surface area contributed by atoms with E-state index in [1.165, 1.54) is 0 Å². The third kappa shape index (κ3) is 3.91. The van der Waals surface area contributed by atoms with Crippen molar-refractivity contribution >= 4 is 0 Å². The summed E-state index contributed by atoms with van der Waals surface area (Å²) in [5, 5.41) is 3.57. The van der Waals surface area contributed by atoms with Gasteiger partial charge in [-0.25, -0.2) is 0 Å². The number of nitrogens with one attached hydrogen (secondary N) is 1. The molecule has 4 heteroatoms. The van der Waals surface area contributed by atoms with Crippen LogP contribution in [0.3, 0.4) is 0 Å². The number of morpholine rings is 1. The van der Waals surface area contributed by atoms with Gasteiger partial charge in [0.25, 0.3) is 0 Å². The van der Waals surface area contributed by atoms with Crippen molar-refractivity contribution < 1.29 is 4.74 Å². The first kappa shape index (κ1) is 13.3. The monoisotopic (exact) mass is 241 g/mol. The zero-order valence-electron chi connectivity index (χ0n) is 11.5. The smallest absolute Gasteiger partial charge is 0.0829 e. The van der Waals surface area contributed by atoms with Gasteiger partial charge in [0.1, 0.15) is 0 Å². The molecule has 1 N–H and O–H groups in total. The van der Waals surface area contributed by atoms with Crippen LogP contribution in [0, 0.1) is 0 Å². The Morgan fingerprint density at radius 3 is 2.47 bits per heavy atom. The zero-order valence-corrected chi connectivity index (χ0v) is 11.5. The molecule has 4 nitrogen and oxygen atoms in total. The molecule has 2 saturated heterocycles. The summed E-state index contributed by atoms with van der Waals surface area (Å²) in [5.41, 5.74) is 0. The molecule has 0 saturated carbocycles. The molecule has 0 aromatic heterocycles. The predicted molar refractivity (Wildman–Crippen MR) is 70.4 cm³/mol. The van der Waals surface area contributed by atoms with Gasteiger partial charge in [0, 0.05) is 44.8 Å². The van der Waals surface area contributed by atoms with Crippen LogP contribution in [0.15, 0.2) is 0 Å². The first-order valence-electron chi connectivity index (χ1n) is 6.99. The average molecular weight is 241 g/mol. The maximum Gasteiger partial charge on any atom is 0.0829 e. The van der Waals surface area contributed by atoms with Gasteiger partial charge in [-0.15, -0.1) is 0 Å². The lowest BCUT2D eigenvalue weighted by Gasteiger charge is -2.40. The van der Waals surface area contributed by atoms with Gasteiger partial charge in [-0.05, 0) is 20.4 Å². The molecule has 0 aromatic carbocycles. The Kier molecular flexibility index (Phi) is 4.79. The minimum atomic E-state index is 0.404. The Balaban J connectivity index is 1.79. The van der Waals surface area contributed by atoms with Crippen molar-refractivity contribution in [3.8, 4) is 0 Å². The van der Waals surface area contributed by atoms with Crippen LogP contribution in [-0.2, 0) is 4.74 Å². The molecule has 2 aliphatic rings. The Morgan fingerprint density at radius 2 is 1.82 bits per heavy atom. The number of likely N-dealkylation sites (N-methyl/N-ethyl adjacent to an activating group) is 1. The quantitative estimate of drug-likeness (QED) is 0.773. The van der Waals surface area contributed by atoms with Crippen LogP contribution in [-0.4, -0.2) is 73.9 Å². The molecule has 3 atom stereocenters. The molecular formula is C13H27N3O. The van der Waals surface area contributed by atoms with E-state index in [1.807, 2.05) is 0 Å². The fraction of sp³-hybridized carbons (Fsp3) is 1.00. The van der Waals surface area contributed by atoms with Crippen LogP contribution < -0.4 is 5.32 Å². The summed E-state index contributed by atoms with van der Waals surface area (Å²) in [4.78, 5) is 5.04. The molecule has 0 aliphatic carbocycles. The van der Waals surface area contributed by atoms with E-state index in [0.717, 1.165) is 45.9 Å². The van der Waals surface area contributed by atoms with Crippen molar-refractivity contribution in [3.63, 3.8) is 0 Å². The first-order valence-corrected chi connectivity index (χ1v) is 6.99. The largest absolute Gasteiger partial charge is 0.374 e. The maximum atomic E-state index is 5.88. The molecule has 2 aliphatic heterocycles. The third-order valence-electron chi connectivity index (χ3n) is 3.77. The minimum Gasteiger partial charge on any atom is -0.374 e. The zero-order chi connectivity index (χ0) is 12.3. The van der Waals surface area contributed by atoms with E-state index < -0.39 is 0 Å². The summed E-state index contributed by atoms with van der Waals surface area (Å²) < 4.78 is 5.88. The van der Waals surface area contributed by atoms with Gasteiger partial charge in [-0.2, -0.15) is 0 Å². The Morgan fingerprint density at radius 1 is 1.12 bits per heavy atom. The first-order chi connectivity index (χ1) is 8.17. The summed E-state index contributed by atoms with van der Waals surface area (Å²) in [6.45, 7) is 14.4. The topological polar surface area (TPSA) is 27.7 Å². The van der Waals surface area contributed by atoms with Gasteiger partial charge in [0.15, 0.2) is 0 Å². The molecule has 0 amide bonds. The van der Waals surface area contributed by atoms with Crippen molar-refractivity contribution in [2.24, 2.45) is 0 Å². The summed E-state index contributed by atoms with van der Waals surface area (Å²) >= 11 is 0. The number of ether oxygens (including phenoxy) is 1. The molecule has 3 unspecified atom stereocenters. The fourth-order valence-corrected chi connectivity index (χ4v) is 3.06. The lowest BCUT2D eigenvalue weighted by atomic mass is 10.1. The SMILES string of the molecule is CCN1CCOC(CN2CC(C)NC(C)C2)C1. The van der Waals surface area contributed by atoms with Crippen molar-refractivity contribution in [3.05, 3.63) is 0 Å². The molecular weight excluding hydrogens is 214 g/mol. The van der Waals surface area contributed by atoms with Crippen LogP contribution in [0.2, 0.25) is 0 Å². The molecule has 17 heavy (non-hydrogen) atoms. The number of hydrogen-bond donors (Lipinski definition) is 1. The Labute approximate surface area is 105 Å². The number of hydrogen-bond acceptors (Lipinski definition) is 4. The van der Waals surface area contributed by atoms with Crippen LogP contribution in [0.5, 0.6) is 0 Å². The highest BCUT2D eigenvalue weighted by Crippen LogP contribution is 2.10. The highest BCUT2D eigenvalue weighted by atomic mass is 16.5. The van der Waals surface area contributed by atoms with Crippen molar-refractivity contribution in [1.82, 2.24) is 15.1 Å². The maximum absolute atomic E-state index is 5.88. The van der Waals surface area contributed by atoms with Gasteiger partial charge >= 0.3 is 0 Å². The molecule has 2 fully saturated rings. The van der Waals surface area contributed by atoms with Crippen LogP contribution in [0.25, 0.3) is 0 Å². The van der Waals surface area contributed by atoms with Crippen LogP contribution >= 0.6 is 0 Å². The lowest BCUT2D eigenvalue weighted by molar-refractivity contribution is -0.0460. The van der Waals surface area contributed by atoms with E-state index >= 15 is 0 Å². The standard InChI is InChI=1S/C13H27N3O/c1-4-15-5-6-17-13(9-15)10-16-7-11(2)14-12(3)8-16/h11-14H,4-10H2,1-3H3. The molecule has 2 rings (SSSR count). The average Bonchev–Trinajstić information content (AvgIpc) is 2.28. The number of piperazine rings is 1. The van der Waals surface area contributed by atoms with Gasteiger partial charge in [0.2, 0.25) is 0 Å². The van der Waals surface area contributed by atoms with E-state index in [9.17, 15) is 0 Å². The minimum absolute atomic E-state index is 0.404. The van der Waals surface area contributed by atoms with Crippen molar-refractivity contribution in [2.45, 2.75) is 39.0 Å². The van der Waals surface area contributed by atoms with Gasteiger partial charge < -0.3 is 10.1 Å². The molecule has 2 heterocycles. The molecule has 0 spiro atoms. The highest BCUT2D eigenvalue weighted by molar-refractivity contribution is 4.83. The molecule has 100 valence electrons. The van der Waals surface area contributed by atoms with Crippen molar-refractivity contribution in [2.75, 3.05) is 45.9 Å². The van der Waals surface area contributed by atoms with E-state index in [2.05, 4.69) is 35.9 Å². The van der Waals surface area contributed by atoms with E-state index in [-0.39, 0.29) is 0 Å². The normalized spacial score (nSPS) is 37.2. The second kappa shape index (κ2) is 6.14. The second-order valence-electron chi connectivity index (χ2n) is 5.57. The van der Waals surface area contributed by atoms with Crippen molar-refractivity contribution in [1.29, 1.82) is 0 Å². The predicted octanol–water partition coefficient (Wildman–Crippen LogP) is 0.389. The van der Waals surface area contributed by atoms with E-state index in [4.69, 9.17) is 4.74 Å². The Bertz CT molecular complexity index is 227. The molecule has 0 aromatic rings. The summed E-state index contributed by atoms with van der Waals surface area (Å²) in [6.07, 6.45) is 0.404. The van der Waals surface area contributed by atoms with E-state index in [0.29, 0.717) is 18.2 Å². The fourth-order valence-electron chi connectivity index (χ4n) is 3.06. The summed E-state index contributed by atoms with van der Waals surface area (Å²) in [6, 6.07) is 1.20. The van der Waals surface area contributed by atoms with Gasteiger partial charge in [-0.1, -0.05) is 6.92 Å². The van der Waals surface area contributed by atoms with Gasteiger partial charge in [-0.3, -0.25) is 9.80 Å².